The molecule has 6 nitrogen and oxygen atoms in total. The summed E-state index contributed by atoms with van der Waals surface area (Å²) in [5, 5.41) is 8.29. The SMILES string of the molecule is CC(=O)Nc1cccc(NC(=O)Nc2ccc(N3CCCCC3)cc2)c1. The van der Waals surface area contributed by atoms with E-state index in [1.165, 1.54) is 31.9 Å². The van der Waals surface area contributed by atoms with E-state index in [-0.39, 0.29) is 11.9 Å². The molecule has 0 aliphatic carbocycles. The van der Waals surface area contributed by atoms with Crippen LogP contribution in [0.3, 0.4) is 0 Å². The van der Waals surface area contributed by atoms with Crippen LogP contribution in [0.15, 0.2) is 48.5 Å². The van der Waals surface area contributed by atoms with Crippen molar-refractivity contribution in [3.05, 3.63) is 48.5 Å². The molecule has 2 aromatic carbocycles. The van der Waals surface area contributed by atoms with Gasteiger partial charge in [0.25, 0.3) is 0 Å². The van der Waals surface area contributed by atoms with E-state index in [4.69, 9.17) is 0 Å². The Balaban J connectivity index is 1.57. The predicted molar refractivity (Wildman–Crippen MR) is 106 cm³/mol. The lowest BCUT2D eigenvalue weighted by Crippen LogP contribution is -2.29. The van der Waals surface area contributed by atoms with Gasteiger partial charge in [-0.2, -0.15) is 0 Å². The lowest BCUT2D eigenvalue weighted by molar-refractivity contribution is -0.114. The average molecular weight is 352 g/mol. The zero-order valence-electron chi connectivity index (χ0n) is 14.9. The summed E-state index contributed by atoms with van der Waals surface area (Å²) in [6.45, 7) is 3.64. The van der Waals surface area contributed by atoms with Crippen molar-refractivity contribution in [2.45, 2.75) is 26.2 Å². The third-order valence-corrected chi connectivity index (χ3v) is 4.29. The van der Waals surface area contributed by atoms with Gasteiger partial charge in [0.1, 0.15) is 0 Å². The van der Waals surface area contributed by atoms with Gasteiger partial charge in [0.2, 0.25) is 5.91 Å². The van der Waals surface area contributed by atoms with Gasteiger partial charge < -0.3 is 20.9 Å². The fourth-order valence-corrected chi connectivity index (χ4v) is 3.08. The first kappa shape index (κ1) is 17.8. The van der Waals surface area contributed by atoms with Crippen molar-refractivity contribution >= 4 is 34.7 Å². The van der Waals surface area contributed by atoms with Crippen LogP contribution in [0.2, 0.25) is 0 Å². The zero-order valence-corrected chi connectivity index (χ0v) is 14.9. The normalized spacial score (nSPS) is 13.8. The summed E-state index contributed by atoms with van der Waals surface area (Å²) in [6, 6.07) is 14.6. The molecule has 0 radical (unpaired) electrons. The van der Waals surface area contributed by atoms with Gasteiger partial charge in [-0.1, -0.05) is 6.07 Å². The number of piperidine rings is 1. The topological polar surface area (TPSA) is 73.5 Å². The zero-order chi connectivity index (χ0) is 18.4. The van der Waals surface area contributed by atoms with Crippen LogP contribution in [0.4, 0.5) is 27.5 Å². The number of rotatable bonds is 4. The number of amides is 3. The number of nitrogens with zero attached hydrogens (tertiary/aromatic N) is 1. The minimum Gasteiger partial charge on any atom is -0.372 e. The molecule has 0 unspecified atom stereocenters. The summed E-state index contributed by atoms with van der Waals surface area (Å²) in [5.74, 6) is -0.152. The molecule has 0 bridgehead atoms. The van der Waals surface area contributed by atoms with E-state index in [0.717, 1.165) is 18.8 Å². The van der Waals surface area contributed by atoms with Gasteiger partial charge in [-0.25, -0.2) is 4.79 Å². The number of carbonyl (C=O) groups is 2. The van der Waals surface area contributed by atoms with Crippen molar-refractivity contribution in [1.29, 1.82) is 0 Å². The Bertz CT molecular complexity index is 768. The van der Waals surface area contributed by atoms with Gasteiger partial charge >= 0.3 is 6.03 Å². The van der Waals surface area contributed by atoms with Crippen molar-refractivity contribution in [2.75, 3.05) is 33.9 Å². The Kier molecular flexibility index (Phi) is 5.73. The lowest BCUT2D eigenvalue weighted by atomic mass is 10.1. The number of nitrogens with one attached hydrogen (secondary N) is 3. The van der Waals surface area contributed by atoms with Crippen molar-refractivity contribution in [3.8, 4) is 0 Å². The van der Waals surface area contributed by atoms with Crippen LogP contribution in [-0.2, 0) is 4.79 Å². The van der Waals surface area contributed by atoms with Gasteiger partial charge in [-0.05, 0) is 61.7 Å². The maximum Gasteiger partial charge on any atom is 0.323 e. The Hall–Kier alpha value is -3.02. The summed E-state index contributed by atoms with van der Waals surface area (Å²) >= 11 is 0. The van der Waals surface area contributed by atoms with Crippen LogP contribution < -0.4 is 20.9 Å². The summed E-state index contributed by atoms with van der Waals surface area (Å²) in [6.07, 6.45) is 3.78. The molecule has 26 heavy (non-hydrogen) atoms. The molecule has 1 aliphatic rings. The first-order valence-corrected chi connectivity index (χ1v) is 8.91. The Morgan fingerprint density at radius 1 is 0.808 bits per heavy atom. The molecule has 2 aromatic rings. The van der Waals surface area contributed by atoms with Gasteiger partial charge in [0, 0.05) is 42.8 Å². The van der Waals surface area contributed by atoms with Gasteiger partial charge in [-0.3, -0.25) is 4.79 Å². The molecule has 3 N–H and O–H groups in total. The van der Waals surface area contributed by atoms with Crippen molar-refractivity contribution in [2.24, 2.45) is 0 Å². The Labute approximate surface area is 153 Å². The van der Waals surface area contributed by atoms with E-state index in [2.05, 4.69) is 20.9 Å². The van der Waals surface area contributed by atoms with Gasteiger partial charge in [0.15, 0.2) is 0 Å². The van der Waals surface area contributed by atoms with Gasteiger partial charge in [0.05, 0.1) is 0 Å². The van der Waals surface area contributed by atoms with Crippen LogP contribution in [0.5, 0.6) is 0 Å². The van der Waals surface area contributed by atoms with Gasteiger partial charge in [-0.15, -0.1) is 0 Å². The lowest BCUT2D eigenvalue weighted by Gasteiger charge is -2.28. The third-order valence-electron chi connectivity index (χ3n) is 4.29. The van der Waals surface area contributed by atoms with E-state index < -0.39 is 0 Å². The number of hydrogen-bond donors (Lipinski definition) is 3. The van der Waals surface area contributed by atoms with Crippen molar-refractivity contribution in [3.63, 3.8) is 0 Å². The highest BCUT2D eigenvalue weighted by atomic mass is 16.2. The monoisotopic (exact) mass is 352 g/mol. The van der Waals surface area contributed by atoms with E-state index in [1.807, 2.05) is 24.3 Å². The minimum absolute atomic E-state index is 0.152. The maximum atomic E-state index is 12.2. The molecular formula is C20H24N4O2. The number of carbonyl (C=O) groups excluding carboxylic acids is 2. The molecule has 0 aromatic heterocycles. The summed E-state index contributed by atoms with van der Waals surface area (Å²) < 4.78 is 0. The molecule has 0 atom stereocenters. The Morgan fingerprint density at radius 3 is 2.08 bits per heavy atom. The molecule has 6 heteroatoms. The maximum absolute atomic E-state index is 12.2. The second-order valence-corrected chi connectivity index (χ2v) is 6.44. The summed E-state index contributed by atoms with van der Waals surface area (Å²) in [4.78, 5) is 25.7. The molecule has 1 aliphatic heterocycles. The number of benzene rings is 2. The Morgan fingerprint density at radius 2 is 1.42 bits per heavy atom. The molecule has 0 saturated carbocycles. The second kappa shape index (κ2) is 8.38. The minimum atomic E-state index is -0.323. The summed E-state index contributed by atoms with van der Waals surface area (Å²) in [5.41, 5.74) is 3.18. The highest BCUT2D eigenvalue weighted by Crippen LogP contribution is 2.22. The van der Waals surface area contributed by atoms with Crippen molar-refractivity contribution < 1.29 is 9.59 Å². The van der Waals surface area contributed by atoms with Crippen LogP contribution in [0, 0.1) is 0 Å². The van der Waals surface area contributed by atoms with Crippen LogP contribution in [0.1, 0.15) is 26.2 Å². The first-order chi connectivity index (χ1) is 12.6. The van der Waals surface area contributed by atoms with E-state index in [1.54, 1.807) is 24.3 Å². The first-order valence-electron chi connectivity index (χ1n) is 8.91. The van der Waals surface area contributed by atoms with E-state index >= 15 is 0 Å². The molecule has 0 spiro atoms. The standard InChI is InChI=1S/C20H24N4O2/c1-15(25)21-17-6-5-7-18(14-17)23-20(26)22-16-8-10-19(11-9-16)24-12-3-2-4-13-24/h5-11,14H,2-4,12-13H2,1H3,(H,21,25)(H2,22,23,26). The molecule has 1 heterocycles. The van der Waals surface area contributed by atoms with Crippen molar-refractivity contribution in [1.82, 2.24) is 0 Å². The molecule has 136 valence electrons. The van der Waals surface area contributed by atoms with E-state index in [0.29, 0.717) is 11.4 Å². The number of urea groups is 1. The van der Waals surface area contributed by atoms with Crippen LogP contribution in [-0.4, -0.2) is 25.0 Å². The molecule has 3 rings (SSSR count). The van der Waals surface area contributed by atoms with E-state index in [9.17, 15) is 9.59 Å². The predicted octanol–water partition coefficient (Wildman–Crippen LogP) is 4.28. The molecule has 3 amide bonds. The third kappa shape index (κ3) is 4.99. The highest BCUT2D eigenvalue weighted by Gasteiger charge is 2.11. The molecule has 1 saturated heterocycles. The second-order valence-electron chi connectivity index (χ2n) is 6.44. The summed E-state index contributed by atoms with van der Waals surface area (Å²) in [7, 11) is 0. The smallest absolute Gasteiger partial charge is 0.323 e. The molecule has 1 fully saturated rings. The van der Waals surface area contributed by atoms with Crippen LogP contribution in [0.25, 0.3) is 0 Å². The number of hydrogen-bond acceptors (Lipinski definition) is 3. The largest absolute Gasteiger partial charge is 0.372 e. The quantitative estimate of drug-likeness (QED) is 0.769. The molecular weight excluding hydrogens is 328 g/mol. The number of anilines is 4. The van der Waals surface area contributed by atoms with Crippen LogP contribution >= 0.6 is 0 Å². The highest BCUT2D eigenvalue weighted by molar-refractivity contribution is 6.00. The average Bonchev–Trinajstić information content (AvgIpc) is 2.63. The fraction of sp³-hybridized carbons (Fsp3) is 0.300. The fourth-order valence-electron chi connectivity index (χ4n) is 3.08.